The number of hydrogen-bond acceptors (Lipinski definition) is 2. The maximum atomic E-state index is 12.4. The Bertz CT molecular complexity index is 417. The van der Waals surface area contributed by atoms with Gasteiger partial charge in [0, 0.05) is 31.1 Å². The molecule has 1 saturated heterocycles. The summed E-state index contributed by atoms with van der Waals surface area (Å²) in [7, 11) is 0. The van der Waals surface area contributed by atoms with Crippen molar-refractivity contribution >= 4 is 11.9 Å². The molecule has 1 saturated carbocycles. The number of likely N-dealkylation sites (tertiary alicyclic amines) is 1. The highest BCUT2D eigenvalue weighted by molar-refractivity contribution is 5.81. The molecule has 0 spiro atoms. The fourth-order valence-electron chi connectivity index (χ4n) is 3.72. The van der Waals surface area contributed by atoms with E-state index in [0.29, 0.717) is 31.0 Å². The molecule has 2 aliphatic rings. The lowest BCUT2D eigenvalue weighted by molar-refractivity contribution is -0.128. The molecule has 3 amide bonds. The van der Waals surface area contributed by atoms with Crippen molar-refractivity contribution < 1.29 is 9.59 Å². The van der Waals surface area contributed by atoms with Gasteiger partial charge in [0.1, 0.15) is 0 Å². The van der Waals surface area contributed by atoms with Crippen molar-refractivity contribution in [1.82, 2.24) is 15.5 Å². The van der Waals surface area contributed by atoms with Gasteiger partial charge in [-0.05, 0) is 24.7 Å². The minimum atomic E-state index is -0.385. The van der Waals surface area contributed by atoms with Gasteiger partial charge < -0.3 is 15.5 Å². The second-order valence-electron chi connectivity index (χ2n) is 7.88. The van der Waals surface area contributed by atoms with Crippen LogP contribution in [0.25, 0.3) is 0 Å². The number of amides is 3. The van der Waals surface area contributed by atoms with Crippen molar-refractivity contribution in [1.29, 1.82) is 0 Å². The predicted octanol–water partition coefficient (Wildman–Crippen LogP) is 2.37. The maximum absolute atomic E-state index is 12.4. The molecule has 3 atom stereocenters. The van der Waals surface area contributed by atoms with Crippen LogP contribution in [0.2, 0.25) is 0 Å². The van der Waals surface area contributed by atoms with E-state index in [1.807, 2.05) is 25.7 Å². The van der Waals surface area contributed by atoms with Crippen molar-refractivity contribution in [2.75, 3.05) is 19.6 Å². The Morgan fingerprint density at radius 1 is 1.09 bits per heavy atom. The molecule has 126 valence electrons. The molecule has 22 heavy (non-hydrogen) atoms. The standard InChI is InChI=1S/C17H31N3O2/c1-12-11-20(14-8-6-5-7-13(12)14)16(22)19-10-9-18-15(21)17(2,3)4/h12-14H,5-11H2,1-4H3,(H,18,21)(H,19,22)/t12-,13-,14-/m1/s1. The molecule has 0 aromatic rings. The molecule has 0 aromatic carbocycles. The number of rotatable bonds is 3. The second-order valence-corrected chi connectivity index (χ2v) is 7.88. The Morgan fingerprint density at radius 3 is 2.41 bits per heavy atom. The first-order valence-corrected chi connectivity index (χ1v) is 8.63. The third-order valence-electron chi connectivity index (χ3n) is 5.03. The summed E-state index contributed by atoms with van der Waals surface area (Å²) in [6.45, 7) is 9.76. The smallest absolute Gasteiger partial charge is 0.317 e. The van der Waals surface area contributed by atoms with Crippen LogP contribution in [0.4, 0.5) is 4.79 Å². The molecule has 0 aromatic heterocycles. The minimum absolute atomic E-state index is 0.0175. The van der Waals surface area contributed by atoms with Crippen LogP contribution in [0.5, 0.6) is 0 Å². The monoisotopic (exact) mass is 309 g/mol. The lowest BCUT2D eigenvalue weighted by Crippen LogP contribution is -2.47. The zero-order valence-electron chi connectivity index (χ0n) is 14.4. The fourth-order valence-corrected chi connectivity index (χ4v) is 3.72. The average molecular weight is 309 g/mol. The molecule has 5 nitrogen and oxygen atoms in total. The zero-order valence-corrected chi connectivity index (χ0v) is 14.4. The number of urea groups is 1. The van der Waals surface area contributed by atoms with E-state index in [-0.39, 0.29) is 17.4 Å². The zero-order chi connectivity index (χ0) is 16.3. The topological polar surface area (TPSA) is 61.4 Å². The van der Waals surface area contributed by atoms with Crippen LogP contribution in [0.1, 0.15) is 53.4 Å². The van der Waals surface area contributed by atoms with Crippen LogP contribution in [-0.2, 0) is 4.79 Å². The number of carbonyl (C=O) groups is 2. The van der Waals surface area contributed by atoms with Crippen LogP contribution in [0.15, 0.2) is 0 Å². The maximum Gasteiger partial charge on any atom is 0.317 e. The number of nitrogens with zero attached hydrogens (tertiary/aromatic N) is 1. The normalized spacial score (nSPS) is 28.2. The number of hydrogen-bond donors (Lipinski definition) is 2. The van der Waals surface area contributed by atoms with E-state index >= 15 is 0 Å². The fraction of sp³-hybridized carbons (Fsp3) is 0.882. The van der Waals surface area contributed by atoms with Gasteiger partial charge in [-0.3, -0.25) is 4.79 Å². The molecular formula is C17H31N3O2. The van der Waals surface area contributed by atoms with E-state index in [1.54, 1.807) is 0 Å². The summed E-state index contributed by atoms with van der Waals surface area (Å²) in [5, 5.41) is 5.82. The molecule has 2 rings (SSSR count). The van der Waals surface area contributed by atoms with Gasteiger partial charge in [0.15, 0.2) is 0 Å². The highest BCUT2D eigenvalue weighted by Gasteiger charge is 2.42. The van der Waals surface area contributed by atoms with E-state index in [9.17, 15) is 9.59 Å². The van der Waals surface area contributed by atoms with Gasteiger partial charge in [0.05, 0.1) is 0 Å². The van der Waals surface area contributed by atoms with Gasteiger partial charge in [-0.25, -0.2) is 4.79 Å². The van der Waals surface area contributed by atoms with Crippen molar-refractivity contribution in [3.63, 3.8) is 0 Å². The highest BCUT2D eigenvalue weighted by atomic mass is 16.2. The Labute approximate surface area is 134 Å². The SMILES string of the molecule is C[C@@H]1CN(C(=O)NCCNC(=O)C(C)(C)C)[C@@H]2CCCC[C@H]12. The van der Waals surface area contributed by atoms with Crippen LogP contribution in [0.3, 0.4) is 0 Å². The molecule has 1 heterocycles. The third kappa shape index (κ3) is 3.93. The van der Waals surface area contributed by atoms with Gasteiger partial charge in [0.25, 0.3) is 0 Å². The average Bonchev–Trinajstić information content (AvgIpc) is 2.80. The Kier molecular flexibility index (Phi) is 5.35. The molecule has 2 N–H and O–H groups in total. The first-order valence-electron chi connectivity index (χ1n) is 8.63. The van der Waals surface area contributed by atoms with Crippen LogP contribution < -0.4 is 10.6 Å². The Hall–Kier alpha value is -1.26. The first-order chi connectivity index (χ1) is 10.3. The van der Waals surface area contributed by atoms with Crippen molar-refractivity contribution in [3.8, 4) is 0 Å². The van der Waals surface area contributed by atoms with Crippen LogP contribution in [-0.4, -0.2) is 42.5 Å². The Balaban J connectivity index is 1.75. The molecule has 2 fully saturated rings. The first kappa shape index (κ1) is 17.1. The van der Waals surface area contributed by atoms with E-state index in [4.69, 9.17) is 0 Å². The molecule has 0 unspecified atom stereocenters. The summed E-state index contributed by atoms with van der Waals surface area (Å²) in [6.07, 6.45) is 4.94. The van der Waals surface area contributed by atoms with Gasteiger partial charge >= 0.3 is 6.03 Å². The van der Waals surface area contributed by atoms with Crippen LogP contribution >= 0.6 is 0 Å². The van der Waals surface area contributed by atoms with Crippen molar-refractivity contribution in [2.45, 2.75) is 59.4 Å². The summed E-state index contributed by atoms with van der Waals surface area (Å²) in [5.74, 6) is 1.31. The number of fused-ring (bicyclic) bond motifs is 1. The van der Waals surface area contributed by atoms with Gasteiger partial charge in [0.2, 0.25) is 5.91 Å². The molecule has 5 heteroatoms. The summed E-state index contributed by atoms with van der Waals surface area (Å²) >= 11 is 0. The van der Waals surface area contributed by atoms with Crippen molar-refractivity contribution in [3.05, 3.63) is 0 Å². The van der Waals surface area contributed by atoms with Gasteiger partial charge in [-0.1, -0.05) is 40.5 Å². The highest BCUT2D eigenvalue weighted by Crippen LogP contribution is 2.39. The molecule has 0 radical (unpaired) electrons. The Morgan fingerprint density at radius 2 is 1.73 bits per heavy atom. The summed E-state index contributed by atoms with van der Waals surface area (Å²) in [5.41, 5.74) is -0.385. The largest absolute Gasteiger partial charge is 0.354 e. The van der Waals surface area contributed by atoms with Crippen molar-refractivity contribution in [2.24, 2.45) is 17.3 Å². The number of nitrogens with one attached hydrogen (secondary N) is 2. The lowest BCUT2D eigenvalue weighted by Gasteiger charge is -2.32. The third-order valence-corrected chi connectivity index (χ3v) is 5.03. The second kappa shape index (κ2) is 6.88. The molecule has 1 aliphatic carbocycles. The number of carbonyl (C=O) groups excluding carboxylic acids is 2. The van der Waals surface area contributed by atoms with Gasteiger partial charge in [-0.15, -0.1) is 0 Å². The van der Waals surface area contributed by atoms with Crippen LogP contribution in [0, 0.1) is 17.3 Å². The summed E-state index contributed by atoms with van der Waals surface area (Å²) < 4.78 is 0. The molecular weight excluding hydrogens is 278 g/mol. The van der Waals surface area contributed by atoms with E-state index < -0.39 is 0 Å². The quantitative estimate of drug-likeness (QED) is 0.786. The molecule has 0 bridgehead atoms. The molecule has 1 aliphatic heterocycles. The lowest BCUT2D eigenvalue weighted by atomic mass is 9.80. The summed E-state index contributed by atoms with van der Waals surface area (Å²) in [6, 6.07) is 0.458. The van der Waals surface area contributed by atoms with Gasteiger partial charge in [-0.2, -0.15) is 0 Å². The van der Waals surface area contributed by atoms with E-state index in [1.165, 1.54) is 19.3 Å². The summed E-state index contributed by atoms with van der Waals surface area (Å²) in [4.78, 5) is 26.2. The van der Waals surface area contributed by atoms with E-state index in [2.05, 4.69) is 17.6 Å². The minimum Gasteiger partial charge on any atom is -0.354 e. The predicted molar refractivity (Wildman–Crippen MR) is 87.5 cm³/mol. The van der Waals surface area contributed by atoms with E-state index in [0.717, 1.165) is 13.0 Å².